The maximum Gasteiger partial charge on any atom is 0.271 e. The molecule has 144 valence electrons. The number of fused-ring (bicyclic) bond motifs is 1. The Hall–Kier alpha value is -3.86. The normalized spacial score (nSPS) is 11.2. The number of benzene rings is 3. The molecule has 0 unspecified atom stereocenters. The number of nitrogens with zero attached hydrogens (tertiary/aromatic N) is 2. The van der Waals surface area contributed by atoms with Gasteiger partial charge in [0.2, 0.25) is 0 Å². The number of amides is 1. The van der Waals surface area contributed by atoms with Gasteiger partial charge >= 0.3 is 0 Å². The molecule has 0 aliphatic rings. The second kappa shape index (κ2) is 8.02. The van der Waals surface area contributed by atoms with Crippen LogP contribution in [0.5, 0.6) is 5.75 Å². The Balaban J connectivity index is 1.62. The Labute approximate surface area is 168 Å². The van der Waals surface area contributed by atoms with Gasteiger partial charge in [-0.15, -0.1) is 0 Å². The largest absolute Gasteiger partial charge is 0.508 e. The standard InChI is InChI=1S/C24H21N3O2/c1-17-22(15-25-26-24(29)19-11-13-20(28)14-12-19)21-9-5-6-10-23(21)27(17)16-18-7-3-2-4-8-18/h2-15,28H,16H2,1H3,(H,26,29)/b25-15+. The Bertz CT molecular complexity index is 1180. The maximum atomic E-state index is 12.2. The lowest BCUT2D eigenvalue weighted by molar-refractivity contribution is 0.0955. The predicted octanol–water partition coefficient (Wildman–Crippen LogP) is 4.47. The summed E-state index contributed by atoms with van der Waals surface area (Å²) in [6, 6.07) is 24.5. The zero-order chi connectivity index (χ0) is 20.2. The molecule has 0 saturated carbocycles. The fourth-order valence-electron chi connectivity index (χ4n) is 3.42. The summed E-state index contributed by atoms with van der Waals surface area (Å²) in [6.07, 6.45) is 1.69. The molecule has 0 radical (unpaired) electrons. The van der Waals surface area contributed by atoms with Crippen molar-refractivity contribution in [3.8, 4) is 5.75 Å². The van der Waals surface area contributed by atoms with Crippen molar-refractivity contribution in [1.82, 2.24) is 9.99 Å². The summed E-state index contributed by atoms with van der Waals surface area (Å²) in [5.74, 6) is -0.209. The van der Waals surface area contributed by atoms with E-state index in [4.69, 9.17) is 0 Å². The van der Waals surface area contributed by atoms with E-state index < -0.39 is 0 Å². The first-order valence-corrected chi connectivity index (χ1v) is 9.37. The van der Waals surface area contributed by atoms with E-state index in [-0.39, 0.29) is 11.7 Å². The van der Waals surface area contributed by atoms with Gasteiger partial charge in [-0.2, -0.15) is 5.10 Å². The van der Waals surface area contributed by atoms with Crippen LogP contribution in [0.1, 0.15) is 27.2 Å². The highest BCUT2D eigenvalue weighted by atomic mass is 16.3. The van der Waals surface area contributed by atoms with Crippen LogP contribution >= 0.6 is 0 Å². The van der Waals surface area contributed by atoms with Crippen molar-refractivity contribution < 1.29 is 9.90 Å². The van der Waals surface area contributed by atoms with E-state index in [2.05, 4.69) is 46.3 Å². The van der Waals surface area contributed by atoms with E-state index in [0.29, 0.717) is 5.56 Å². The molecular weight excluding hydrogens is 362 g/mol. The van der Waals surface area contributed by atoms with Crippen LogP contribution in [0, 0.1) is 6.92 Å². The molecule has 1 heterocycles. The van der Waals surface area contributed by atoms with Crippen LogP contribution in [-0.4, -0.2) is 21.8 Å². The third-order valence-corrected chi connectivity index (χ3v) is 4.95. The van der Waals surface area contributed by atoms with Crippen LogP contribution < -0.4 is 5.43 Å². The summed E-state index contributed by atoms with van der Waals surface area (Å²) in [7, 11) is 0. The Kier molecular flexibility index (Phi) is 5.12. The van der Waals surface area contributed by atoms with Gasteiger partial charge in [-0.25, -0.2) is 5.43 Å². The quantitative estimate of drug-likeness (QED) is 0.394. The topological polar surface area (TPSA) is 66.6 Å². The van der Waals surface area contributed by atoms with Crippen molar-refractivity contribution >= 4 is 23.0 Å². The number of aromatic nitrogens is 1. The summed E-state index contributed by atoms with van der Waals surface area (Å²) >= 11 is 0. The summed E-state index contributed by atoms with van der Waals surface area (Å²) in [5.41, 5.74) is 7.39. The monoisotopic (exact) mass is 383 g/mol. The fraction of sp³-hybridized carbons (Fsp3) is 0.0833. The second-order valence-electron chi connectivity index (χ2n) is 6.83. The van der Waals surface area contributed by atoms with E-state index in [9.17, 15) is 9.90 Å². The van der Waals surface area contributed by atoms with Crippen LogP contribution in [0.2, 0.25) is 0 Å². The van der Waals surface area contributed by atoms with Gasteiger partial charge in [0.15, 0.2) is 0 Å². The van der Waals surface area contributed by atoms with E-state index in [1.54, 1.807) is 18.3 Å². The van der Waals surface area contributed by atoms with Gasteiger partial charge in [0.05, 0.1) is 6.21 Å². The molecule has 0 spiro atoms. The number of nitrogens with one attached hydrogen (secondary N) is 1. The first-order chi connectivity index (χ1) is 14.1. The number of hydrogen-bond donors (Lipinski definition) is 2. The number of rotatable bonds is 5. The molecule has 29 heavy (non-hydrogen) atoms. The van der Waals surface area contributed by atoms with Gasteiger partial charge in [0.1, 0.15) is 5.75 Å². The molecule has 0 atom stereocenters. The van der Waals surface area contributed by atoms with Crippen molar-refractivity contribution in [3.05, 3.63) is 101 Å². The molecule has 0 fully saturated rings. The summed E-state index contributed by atoms with van der Waals surface area (Å²) < 4.78 is 2.26. The van der Waals surface area contributed by atoms with Crippen LogP contribution in [0.4, 0.5) is 0 Å². The van der Waals surface area contributed by atoms with Crippen LogP contribution in [0.3, 0.4) is 0 Å². The van der Waals surface area contributed by atoms with E-state index in [1.165, 1.54) is 17.7 Å². The van der Waals surface area contributed by atoms with Gasteiger partial charge in [-0.3, -0.25) is 4.79 Å². The number of carbonyl (C=O) groups excluding carboxylic acids is 1. The summed E-state index contributed by atoms with van der Waals surface area (Å²) in [4.78, 5) is 12.2. The average Bonchev–Trinajstić information content (AvgIpc) is 3.01. The smallest absolute Gasteiger partial charge is 0.271 e. The average molecular weight is 383 g/mol. The number of phenolic OH excluding ortho intramolecular Hbond substituents is 1. The number of aromatic hydroxyl groups is 1. The molecule has 0 bridgehead atoms. The lowest BCUT2D eigenvalue weighted by atomic mass is 10.1. The zero-order valence-electron chi connectivity index (χ0n) is 16.0. The number of hydrogen-bond acceptors (Lipinski definition) is 3. The van der Waals surface area contributed by atoms with E-state index in [0.717, 1.165) is 28.7 Å². The lowest BCUT2D eigenvalue weighted by Gasteiger charge is -2.08. The number of hydrazone groups is 1. The highest BCUT2D eigenvalue weighted by molar-refractivity contribution is 6.02. The Morgan fingerprint density at radius 2 is 1.69 bits per heavy atom. The molecule has 0 saturated heterocycles. The minimum Gasteiger partial charge on any atom is -0.508 e. The molecule has 5 heteroatoms. The molecule has 2 N–H and O–H groups in total. The van der Waals surface area contributed by atoms with Crippen molar-refractivity contribution in [2.75, 3.05) is 0 Å². The third kappa shape index (κ3) is 3.89. The molecule has 3 aromatic carbocycles. The predicted molar refractivity (Wildman–Crippen MR) is 115 cm³/mol. The Morgan fingerprint density at radius 1 is 1.00 bits per heavy atom. The lowest BCUT2D eigenvalue weighted by Crippen LogP contribution is -2.17. The van der Waals surface area contributed by atoms with Crippen molar-refractivity contribution in [1.29, 1.82) is 0 Å². The minimum absolute atomic E-state index is 0.118. The number of phenols is 1. The van der Waals surface area contributed by atoms with Crippen molar-refractivity contribution in [2.45, 2.75) is 13.5 Å². The SMILES string of the molecule is Cc1c(/C=N/NC(=O)c2ccc(O)cc2)c2ccccc2n1Cc1ccccc1. The molecule has 0 aliphatic carbocycles. The molecule has 5 nitrogen and oxygen atoms in total. The van der Waals surface area contributed by atoms with E-state index >= 15 is 0 Å². The van der Waals surface area contributed by atoms with Crippen LogP contribution in [0.15, 0.2) is 84.0 Å². The maximum absolute atomic E-state index is 12.2. The number of carbonyl (C=O) groups is 1. The summed E-state index contributed by atoms with van der Waals surface area (Å²) in [6.45, 7) is 2.83. The van der Waals surface area contributed by atoms with Gasteiger partial charge in [-0.05, 0) is 42.8 Å². The molecule has 0 aliphatic heterocycles. The molecule has 4 rings (SSSR count). The first-order valence-electron chi connectivity index (χ1n) is 9.37. The van der Waals surface area contributed by atoms with Gasteiger partial charge in [-0.1, -0.05) is 48.5 Å². The number of para-hydroxylation sites is 1. The fourth-order valence-corrected chi connectivity index (χ4v) is 3.42. The van der Waals surface area contributed by atoms with Crippen LogP contribution in [-0.2, 0) is 6.54 Å². The van der Waals surface area contributed by atoms with Gasteiger partial charge in [0.25, 0.3) is 5.91 Å². The molecule has 4 aromatic rings. The van der Waals surface area contributed by atoms with Crippen molar-refractivity contribution in [2.24, 2.45) is 5.10 Å². The highest BCUT2D eigenvalue weighted by Crippen LogP contribution is 2.25. The highest BCUT2D eigenvalue weighted by Gasteiger charge is 2.13. The molecular formula is C24H21N3O2. The molecule has 1 aromatic heterocycles. The minimum atomic E-state index is -0.327. The first kappa shape index (κ1) is 18.5. The van der Waals surface area contributed by atoms with E-state index in [1.807, 2.05) is 30.3 Å². The Morgan fingerprint density at radius 3 is 2.45 bits per heavy atom. The zero-order valence-corrected chi connectivity index (χ0v) is 16.0. The second-order valence-corrected chi connectivity index (χ2v) is 6.83. The third-order valence-electron chi connectivity index (χ3n) is 4.95. The van der Waals surface area contributed by atoms with Gasteiger partial charge < -0.3 is 9.67 Å². The summed E-state index contributed by atoms with van der Waals surface area (Å²) in [5, 5.41) is 14.6. The molecule has 1 amide bonds. The van der Waals surface area contributed by atoms with Crippen LogP contribution in [0.25, 0.3) is 10.9 Å². The van der Waals surface area contributed by atoms with Gasteiger partial charge in [0, 0.05) is 34.3 Å². The van der Waals surface area contributed by atoms with Crippen molar-refractivity contribution in [3.63, 3.8) is 0 Å².